The van der Waals surface area contributed by atoms with Gasteiger partial charge in [-0.15, -0.1) is 11.3 Å². The molecule has 31 heavy (non-hydrogen) atoms. The summed E-state index contributed by atoms with van der Waals surface area (Å²) in [6.07, 6.45) is 0. The predicted octanol–water partition coefficient (Wildman–Crippen LogP) is 10.7. The van der Waals surface area contributed by atoms with Gasteiger partial charge in [-0.1, -0.05) is 84.6 Å². The van der Waals surface area contributed by atoms with E-state index in [1.807, 2.05) is 11.8 Å². The van der Waals surface area contributed by atoms with E-state index >= 15 is 0 Å². The van der Waals surface area contributed by atoms with Crippen LogP contribution in [0.5, 0.6) is 0 Å². The van der Waals surface area contributed by atoms with Crippen molar-refractivity contribution < 1.29 is 26.6 Å². The van der Waals surface area contributed by atoms with Gasteiger partial charge in [-0.05, 0) is 45.8 Å². The fourth-order valence-corrected chi connectivity index (χ4v) is 4.57. The molecular formula is C22H17F6PS2. The second-order valence-electron chi connectivity index (χ2n) is 6.47. The number of hydrogen-bond acceptors (Lipinski definition) is 2. The summed E-state index contributed by atoms with van der Waals surface area (Å²) in [5, 5.41) is 2.23. The van der Waals surface area contributed by atoms with Gasteiger partial charge >= 0.3 is 34.4 Å². The molecule has 0 aliphatic rings. The van der Waals surface area contributed by atoms with E-state index in [1.54, 1.807) is 11.3 Å². The molecule has 0 fully saturated rings. The van der Waals surface area contributed by atoms with Crippen LogP contribution in [0.2, 0.25) is 0 Å². The van der Waals surface area contributed by atoms with Gasteiger partial charge in [0, 0.05) is 4.90 Å². The van der Waals surface area contributed by atoms with Crippen LogP contribution in [-0.4, -0.2) is 0 Å². The zero-order chi connectivity index (χ0) is 22.6. The van der Waals surface area contributed by atoms with Crippen molar-refractivity contribution in [3.05, 3.63) is 96.4 Å². The molecule has 0 amide bonds. The van der Waals surface area contributed by atoms with Gasteiger partial charge in [-0.3, -0.25) is 0 Å². The first-order valence-corrected chi connectivity index (χ1v) is 12.6. The van der Waals surface area contributed by atoms with Crippen molar-refractivity contribution in [3.63, 3.8) is 0 Å². The van der Waals surface area contributed by atoms with Crippen molar-refractivity contribution in [2.75, 3.05) is 0 Å². The molecular weight excluding hydrogens is 473 g/mol. The SMILES string of the molecule is F[P-](F)(F)(F)(F)F.[H+].c1ccc(-c2ccc(Sc3cc(-c4ccccc4)cs3)cc2)cc1. The van der Waals surface area contributed by atoms with Crippen molar-refractivity contribution in [3.8, 4) is 22.3 Å². The van der Waals surface area contributed by atoms with Crippen LogP contribution in [0, 0.1) is 0 Å². The maximum Gasteiger partial charge on any atom is 1.00 e. The summed E-state index contributed by atoms with van der Waals surface area (Å²) < 4.78 is 60.5. The van der Waals surface area contributed by atoms with Crippen LogP contribution in [0.25, 0.3) is 22.3 Å². The quantitative estimate of drug-likeness (QED) is 0.203. The van der Waals surface area contributed by atoms with Gasteiger partial charge in [-0.25, -0.2) is 0 Å². The van der Waals surface area contributed by atoms with Gasteiger partial charge in [0.05, 0.1) is 4.21 Å². The Morgan fingerprint density at radius 3 is 1.48 bits per heavy atom. The first-order valence-electron chi connectivity index (χ1n) is 8.87. The van der Waals surface area contributed by atoms with Gasteiger partial charge in [0.1, 0.15) is 0 Å². The Labute approximate surface area is 185 Å². The molecule has 0 N–H and O–H groups in total. The number of hydrogen-bond donors (Lipinski definition) is 0. The fourth-order valence-electron chi connectivity index (χ4n) is 2.61. The van der Waals surface area contributed by atoms with Crippen LogP contribution in [0.3, 0.4) is 0 Å². The second-order valence-corrected chi connectivity index (χ2v) is 10.7. The number of benzene rings is 3. The summed E-state index contributed by atoms with van der Waals surface area (Å²) in [6.45, 7) is 0. The van der Waals surface area contributed by atoms with Gasteiger partial charge in [0.2, 0.25) is 0 Å². The summed E-state index contributed by atoms with van der Waals surface area (Å²) in [5.74, 6) is 0. The minimum atomic E-state index is -10.7. The molecule has 0 aliphatic carbocycles. The smallest absolute Gasteiger partial charge is 0.136 e. The third-order valence-corrected chi connectivity index (χ3v) is 5.95. The topological polar surface area (TPSA) is 0 Å². The average molecular weight is 490 g/mol. The number of thiophene rings is 1. The van der Waals surface area contributed by atoms with E-state index in [1.165, 1.54) is 31.4 Å². The molecule has 0 radical (unpaired) electrons. The van der Waals surface area contributed by atoms with Crippen molar-refractivity contribution in [2.24, 2.45) is 0 Å². The Bertz CT molecular complexity index is 1120. The molecule has 0 bridgehead atoms. The van der Waals surface area contributed by atoms with E-state index in [4.69, 9.17) is 0 Å². The molecule has 0 saturated heterocycles. The third-order valence-electron chi connectivity index (χ3n) is 3.86. The second kappa shape index (κ2) is 8.34. The zero-order valence-corrected chi connectivity index (χ0v) is 18.3. The normalized spacial score (nSPS) is 13.5. The largest absolute Gasteiger partial charge is 1.00 e. The van der Waals surface area contributed by atoms with Crippen LogP contribution in [0.15, 0.2) is 105 Å². The molecule has 0 aliphatic heterocycles. The van der Waals surface area contributed by atoms with E-state index in [0.29, 0.717) is 0 Å². The Kier molecular flexibility index (Phi) is 6.29. The standard InChI is InChI=1S/C22H16S2.F6P/c1-3-7-17(8-4-1)19-11-13-21(14-12-19)24-22-15-20(16-23-22)18-9-5-2-6-10-18;1-7(2,3,4,5)6/h1-16H;/q;-1/p+1. The molecule has 0 atom stereocenters. The van der Waals surface area contributed by atoms with E-state index < -0.39 is 7.81 Å². The van der Waals surface area contributed by atoms with Crippen LogP contribution in [0.4, 0.5) is 25.2 Å². The first-order chi connectivity index (χ1) is 14.3. The average Bonchev–Trinajstić information content (AvgIpc) is 3.16. The molecule has 1 aromatic heterocycles. The van der Waals surface area contributed by atoms with Crippen molar-refractivity contribution in [1.29, 1.82) is 0 Å². The predicted molar refractivity (Wildman–Crippen MR) is 120 cm³/mol. The minimum Gasteiger partial charge on any atom is -0.136 e. The van der Waals surface area contributed by atoms with Crippen molar-refractivity contribution >= 4 is 30.9 Å². The van der Waals surface area contributed by atoms with Crippen molar-refractivity contribution in [1.82, 2.24) is 0 Å². The Hall–Kier alpha value is -2.28. The molecule has 0 spiro atoms. The Morgan fingerprint density at radius 2 is 1.00 bits per heavy atom. The molecule has 0 unspecified atom stereocenters. The summed E-state index contributed by atoms with van der Waals surface area (Å²) in [6, 6.07) is 32.1. The van der Waals surface area contributed by atoms with Gasteiger partial charge in [-0.2, -0.15) is 0 Å². The maximum atomic E-state index is 9.87. The molecule has 3 aromatic carbocycles. The summed E-state index contributed by atoms with van der Waals surface area (Å²) in [5.41, 5.74) is 5.09. The molecule has 4 rings (SSSR count). The maximum absolute atomic E-state index is 10.7. The zero-order valence-electron chi connectivity index (χ0n) is 16.8. The minimum absolute atomic E-state index is 0. The van der Waals surface area contributed by atoms with E-state index in [2.05, 4.69) is 96.4 Å². The van der Waals surface area contributed by atoms with Gasteiger partial charge in [0.15, 0.2) is 0 Å². The van der Waals surface area contributed by atoms with Gasteiger partial charge < -0.3 is 0 Å². The molecule has 164 valence electrons. The van der Waals surface area contributed by atoms with Crippen LogP contribution in [0.1, 0.15) is 1.43 Å². The summed E-state index contributed by atoms with van der Waals surface area (Å²) in [4.78, 5) is 1.27. The monoisotopic (exact) mass is 490 g/mol. The first kappa shape index (κ1) is 23.4. The van der Waals surface area contributed by atoms with E-state index in [0.717, 1.165) is 0 Å². The Balaban J connectivity index is 0.000000398. The molecule has 0 saturated carbocycles. The fraction of sp³-hybridized carbons (Fsp3) is 0. The number of rotatable bonds is 4. The molecule has 0 nitrogen and oxygen atoms in total. The van der Waals surface area contributed by atoms with E-state index in [-0.39, 0.29) is 1.43 Å². The number of halogens is 6. The van der Waals surface area contributed by atoms with Crippen LogP contribution < -0.4 is 0 Å². The van der Waals surface area contributed by atoms with E-state index in [9.17, 15) is 25.2 Å². The molecule has 9 heteroatoms. The van der Waals surface area contributed by atoms with Crippen LogP contribution in [-0.2, 0) is 0 Å². The summed E-state index contributed by atoms with van der Waals surface area (Å²) in [7, 11) is -10.7. The summed E-state index contributed by atoms with van der Waals surface area (Å²) >= 11 is 3.63. The Morgan fingerprint density at radius 1 is 0.581 bits per heavy atom. The molecule has 4 aromatic rings. The molecule has 1 heterocycles. The third kappa shape index (κ3) is 9.17. The van der Waals surface area contributed by atoms with Crippen LogP contribution >= 0.6 is 30.9 Å². The van der Waals surface area contributed by atoms with Crippen molar-refractivity contribution in [2.45, 2.75) is 9.10 Å². The van der Waals surface area contributed by atoms with Gasteiger partial charge in [0.25, 0.3) is 0 Å².